The molecule has 0 unspecified atom stereocenters. The molecule has 0 aliphatic carbocycles. The van der Waals surface area contributed by atoms with E-state index < -0.39 is 0 Å². The Kier molecular flexibility index (Phi) is 9.00. The first-order valence-electron chi connectivity index (χ1n) is 7.87. The van der Waals surface area contributed by atoms with Crippen molar-refractivity contribution >= 4 is 5.96 Å². The van der Waals surface area contributed by atoms with Crippen molar-refractivity contribution in [2.45, 2.75) is 52.5 Å². The van der Waals surface area contributed by atoms with Gasteiger partial charge in [-0.05, 0) is 18.4 Å². The van der Waals surface area contributed by atoms with Crippen LogP contribution in [0, 0.1) is 0 Å². The number of hydrogen-bond acceptors (Lipinski definition) is 3. The van der Waals surface area contributed by atoms with Crippen LogP contribution in [0.2, 0.25) is 0 Å². The topological polar surface area (TPSA) is 72.5 Å². The van der Waals surface area contributed by atoms with Crippen molar-refractivity contribution in [1.82, 2.24) is 10.3 Å². The molecule has 0 radical (unpaired) electrons. The van der Waals surface area contributed by atoms with Crippen LogP contribution in [0.4, 0.5) is 0 Å². The SMILES string of the molecule is CCCCCCNC(N)=NCc1ccc(OCCC)nc1. The molecule has 0 aliphatic rings. The number of pyridine rings is 1. The number of hydrogen-bond donors (Lipinski definition) is 2. The third-order valence-electron chi connectivity index (χ3n) is 3.02. The van der Waals surface area contributed by atoms with Crippen LogP contribution in [0.25, 0.3) is 0 Å². The zero-order chi connectivity index (χ0) is 15.3. The summed E-state index contributed by atoms with van der Waals surface area (Å²) in [6.07, 6.45) is 7.65. The minimum absolute atomic E-state index is 0.498. The Morgan fingerprint density at radius 2 is 2.10 bits per heavy atom. The van der Waals surface area contributed by atoms with E-state index in [4.69, 9.17) is 10.5 Å². The number of aliphatic imine (C=N–C) groups is 1. The predicted octanol–water partition coefficient (Wildman–Crippen LogP) is 2.86. The quantitative estimate of drug-likeness (QED) is 0.395. The second-order valence-corrected chi connectivity index (χ2v) is 5.04. The molecule has 0 fully saturated rings. The summed E-state index contributed by atoms with van der Waals surface area (Å²) < 4.78 is 5.44. The number of nitrogens with zero attached hydrogens (tertiary/aromatic N) is 2. The van der Waals surface area contributed by atoms with Crippen LogP contribution in [-0.4, -0.2) is 24.1 Å². The fourth-order valence-electron chi connectivity index (χ4n) is 1.80. The molecule has 0 bridgehead atoms. The van der Waals surface area contributed by atoms with Gasteiger partial charge in [0.25, 0.3) is 0 Å². The van der Waals surface area contributed by atoms with Crippen LogP contribution in [0.1, 0.15) is 51.5 Å². The highest BCUT2D eigenvalue weighted by molar-refractivity contribution is 5.77. The van der Waals surface area contributed by atoms with E-state index in [2.05, 4.69) is 29.1 Å². The van der Waals surface area contributed by atoms with Crippen molar-refractivity contribution in [3.63, 3.8) is 0 Å². The van der Waals surface area contributed by atoms with Gasteiger partial charge in [-0.25, -0.2) is 9.98 Å². The van der Waals surface area contributed by atoms with Crippen LogP contribution in [-0.2, 0) is 6.54 Å². The minimum atomic E-state index is 0.498. The lowest BCUT2D eigenvalue weighted by atomic mass is 10.2. The number of unbranched alkanes of at least 4 members (excludes halogenated alkanes) is 3. The highest BCUT2D eigenvalue weighted by Crippen LogP contribution is 2.08. The van der Waals surface area contributed by atoms with Crippen LogP contribution in [0.5, 0.6) is 5.88 Å². The van der Waals surface area contributed by atoms with E-state index in [1.165, 1.54) is 19.3 Å². The first kappa shape index (κ1) is 17.3. The molecule has 1 rings (SSSR count). The van der Waals surface area contributed by atoms with Gasteiger partial charge in [0.15, 0.2) is 5.96 Å². The predicted molar refractivity (Wildman–Crippen MR) is 87.5 cm³/mol. The summed E-state index contributed by atoms with van der Waals surface area (Å²) in [6.45, 7) is 6.39. The Hall–Kier alpha value is -1.78. The lowest BCUT2D eigenvalue weighted by Gasteiger charge is -2.06. The minimum Gasteiger partial charge on any atom is -0.478 e. The average Bonchev–Trinajstić information content (AvgIpc) is 2.51. The Balaban J connectivity index is 2.27. The van der Waals surface area contributed by atoms with E-state index in [0.29, 0.717) is 25.0 Å². The van der Waals surface area contributed by atoms with Crippen LogP contribution < -0.4 is 15.8 Å². The summed E-state index contributed by atoms with van der Waals surface area (Å²) in [5.74, 6) is 1.16. The fourth-order valence-corrected chi connectivity index (χ4v) is 1.80. The van der Waals surface area contributed by atoms with Gasteiger partial charge < -0.3 is 15.8 Å². The standard InChI is InChI=1S/C16H28N4O/c1-3-5-6-7-10-18-16(17)20-13-14-8-9-15(19-12-14)21-11-4-2/h8-9,12H,3-7,10-11,13H2,1-2H3,(H3,17,18,20). The fraction of sp³-hybridized carbons (Fsp3) is 0.625. The number of guanidine groups is 1. The number of rotatable bonds is 10. The van der Waals surface area contributed by atoms with Gasteiger partial charge in [-0.3, -0.25) is 0 Å². The van der Waals surface area contributed by atoms with Crippen molar-refractivity contribution < 1.29 is 4.74 Å². The summed E-state index contributed by atoms with van der Waals surface area (Å²) in [4.78, 5) is 8.54. The van der Waals surface area contributed by atoms with E-state index in [-0.39, 0.29) is 0 Å². The second kappa shape index (κ2) is 10.9. The van der Waals surface area contributed by atoms with E-state index in [9.17, 15) is 0 Å². The molecular formula is C16H28N4O. The third-order valence-corrected chi connectivity index (χ3v) is 3.02. The molecule has 0 saturated heterocycles. The Morgan fingerprint density at radius 1 is 1.24 bits per heavy atom. The van der Waals surface area contributed by atoms with Gasteiger partial charge in [0, 0.05) is 18.8 Å². The molecule has 3 N–H and O–H groups in total. The van der Waals surface area contributed by atoms with Crippen molar-refractivity contribution in [2.75, 3.05) is 13.2 Å². The maximum atomic E-state index is 5.83. The van der Waals surface area contributed by atoms with Crippen LogP contribution >= 0.6 is 0 Å². The van der Waals surface area contributed by atoms with Crippen molar-refractivity contribution in [3.8, 4) is 5.88 Å². The second-order valence-electron chi connectivity index (χ2n) is 5.04. The molecule has 0 aliphatic heterocycles. The van der Waals surface area contributed by atoms with Gasteiger partial charge in [0.1, 0.15) is 0 Å². The lowest BCUT2D eigenvalue weighted by molar-refractivity contribution is 0.305. The maximum absolute atomic E-state index is 5.83. The molecule has 0 saturated carbocycles. The number of ether oxygens (including phenoxy) is 1. The summed E-state index contributed by atoms with van der Waals surface area (Å²) >= 11 is 0. The van der Waals surface area contributed by atoms with Gasteiger partial charge in [0.05, 0.1) is 13.2 Å². The monoisotopic (exact) mass is 292 g/mol. The molecule has 1 heterocycles. The largest absolute Gasteiger partial charge is 0.478 e. The van der Waals surface area contributed by atoms with E-state index in [0.717, 1.165) is 24.9 Å². The smallest absolute Gasteiger partial charge is 0.213 e. The van der Waals surface area contributed by atoms with Crippen LogP contribution in [0.15, 0.2) is 23.3 Å². The first-order valence-corrected chi connectivity index (χ1v) is 7.87. The van der Waals surface area contributed by atoms with E-state index in [1.54, 1.807) is 6.20 Å². The molecule has 0 aromatic carbocycles. The Morgan fingerprint density at radius 3 is 2.76 bits per heavy atom. The van der Waals surface area contributed by atoms with Gasteiger partial charge in [-0.2, -0.15) is 0 Å². The van der Waals surface area contributed by atoms with Gasteiger partial charge in [0.2, 0.25) is 5.88 Å². The Labute approximate surface area is 128 Å². The molecule has 1 aromatic rings. The van der Waals surface area contributed by atoms with Crippen LogP contribution in [0.3, 0.4) is 0 Å². The molecule has 1 aromatic heterocycles. The van der Waals surface area contributed by atoms with Gasteiger partial charge in [-0.1, -0.05) is 39.2 Å². The van der Waals surface area contributed by atoms with Crippen molar-refractivity contribution in [2.24, 2.45) is 10.7 Å². The first-order chi connectivity index (χ1) is 10.3. The summed E-state index contributed by atoms with van der Waals surface area (Å²) in [5.41, 5.74) is 6.85. The molecule has 5 heteroatoms. The summed E-state index contributed by atoms with van der Waals surface area (Å²) in [6, 6.07) is 3.84. The van der Waals surface area contributed by atoms with E-state index >= 15 is 0 Å². The molecular weight excluding hydrogens is 264 g/mol. The summed E-state index contributed by atoms with van der Waals surface area (Å²) in [7, 11) is 0. The lowest BCUT2D eigenvalue weighted by Crippen LogP contribution is -2.32. The average molecular weight is 292 g/mol. The third kappa shape index (κ3) is 8.17. The maximum Gasteiger partial charge on any atom is 0.213 e. The van der Waals surface area contributed by atoms with Crippen molar-refractivity contribution in [1.29, 1.82) is 0 Å². The highest BCUT2D eigenvalue weighted by atomic mass is 16.5. The van der Waals surface area contributed by atoms with E-state index in [1.807, 2.05) is 12.1 Å². The molecule has 0 amide bonds. The molecule has 0 spiro atoms. The molecule has 21 heavy (non-hydrogen) atoms. The highest BCUT2D eigenvalue weighted by Gasteiger charge is 1.97. The normalized spacial score (nSPS) is 11.4. The van der Waals surface area contributed by atoms with Gasteiger partial charge in [-0.15, -0.1) is 0 Å². The number of aromatic nitrogens is 1. The van der Waals surface area contributed by atoms with Crippen molar-refractivity contribution in [3.05, 3.63) is 23.9 Å². The Bertz CT molecular complexity index is 403. The zero-order valence-electron chi connectivity index (χ0n) is 13.3. The zero-order valence-corrected chi connectivity index (χ0v) is 13.3. The number of nitrogens with one attached hydrogen (secondary N) is 1. The molecule has 0 atom stereocenters. The molecule has 5 nitrogen and oxygen atoms in total. The molecule has 118 valence electrons. The van der Waals surface area contributed by atoms with Gasteiger partial charge >= 0.3 is 0 Å². The number of nitrogens with two attached hydrogens (primary N) is 1. The summed E-state index contributed by atoms with van der Waals surface area (Å²) in [5, 5.41) is 3.13.